The van der Waals surface area contributed by atoms with E-state index in [1.54, 1.807) is 29.2 Å². The Labute approximate surface area is 180 Å². The van der Waals surface area contributed by atoms with Crippen molar-refractivity contribution >= 4 is 40.5 Å². The summed E-state index contributed by atoms with van der Waals surface area (Å²) in [5.74, 6) is 0.795. The van der Waals surface area contributed by atoms with E-state index >= 15 is 0 Å². The molecule has 0 saturated heterocycles. The molecule has 152 valence electrons. The minimum Gasteiger partial charge on any atom is -0.493 e. The summed E-state index contributed by atoms with van der Waals surface area (Å²) in [6.45, 7) is 0.489. The molecule has 0 bridgehead atoms. The zero-order valence-electron chi connectivity index (χ0n) is 16.3. The van der Waals surface area contributed by atoms with Gasteiger partial charge in [-0.2, -0.15) is 0 Å². The van der Waals surface area contributed by atoms with E-state index < -0.39 is 0 Å². The van der Waals surface area contributed by atoms with Crippen LogP contribution in [0.1, 0.15) is 22.3 Å². The van der Waals surface area contributed by atoms with Gasteiger partial charge in [0.1, 0.15) is 5.75 Å². The van der Waals surface area contributed by atoms with Crippen molar-refractivity contribution in [1.29, 1.82) is 0 Å². The van der Waals surface area contributed by atoms with Gasteiger partial charge in [0.25, 0.3) is 5.91 Å². The Bertz CT molecular complexity index is 1080. The van der Waals surface area contributed by atoms with Crippen molar-refractivity contribution in [3.05, 3.63) is 83.9 Å². The molecule has 0 fully saturated rings. The van der Waals surface area contributed by atoms with Crippen LogP contribution in [0.3, 0.4) is 0 Å². The van der Waals surface area contributed by atoms with Crippen LogP contribution in [0.15, 0.2) is 72.8 Å². The van der Waals surface area contributed by atoms with Crippen LogP contribution in [0.2, 0.25) is 0 Å². The number of hydrogen-bond acceptors (Lipinski definition) is 3. The number of alkyl halides is 1. The number of carbonyl (C=O) groups excluding carboxylic acids is 2. The number of benzene rings is 3. The summed E-state index contributed by atoms with van der Waals surface area (Å²) in [5, 5.41) is 2.90. The van der Waals surface area contributed by atoms with Gasteiger partial charge in [0.05, 0.1) is 35.7 Å². The molecule has 1 N–H and O–H groups in total. The highest BCUT2D eigenvalue weighted by atomic mass is 35.5. The lowest BCUT2D eigenvalue weighted by Gasteiger charge is -2.24. The molecular weight excluding hydrogens is 400 g/mol. The molecule has 4 rings (SSSR count). The topological polar surface area (TPSA) is 58.6 Å². The van der Waals surface area contributed by atoms with E-state index in [9.17, 15) is 9.59 Å². The maximum atomic E-state index is 13.5. The Morgan fingerprint density at radius 2 is 1.63 bits per heavy atom. The number of nitrogens with zero attached hydrogens (tertiary/aromatic N) is 1. The number of fused-ring (bicyclic) bond motifs is 2. The maximum absolute atomic E-state index is 13.5. The van der Waals surface area contributed by atoms with E-state index in [1.165, 1.54) is 0 Å². The van der Waals surface area contributed by atoms with Gasteiger partial charge < -0.3 is 10.1 Å². The quantitative estimate of drug-likeness (QED) is 0.442. The van der Waals surface area contributed by atoms with E-state index in [1.807, 2.05) is 48.5 Å². The number of carbonyl (C=O) groups is 2. The van der Waals surface area contributed by atoms with Gasteiger partial charge in [0.15, 0.2) is 0 Å². The Morgan fingerprint density at radius 3 is 2.47 bits per heavy atom. The third-order valence-electron chi connectivity index (χ3n) is 4.88. The molecule has 2 amide bonds. The lowest BCUT2D eigenvalue weighted by Crippen LogP contribution is -2.28. The molecule has 0 unspecified atom stereocenters. The van der Waals surface area contributed by atoms with E-state index in [2.05, 4.69) is 5.32 Å². The standard InChI is InChI=1S/C24H21ClN2O3/c25-14-7-15-30-22-13-6-1-8-17(22)16-23(28)27-20-11-4-2-9-18(20)24(29)26-19-10-3-5-12-21(19)27/h1-6,8-13H,7,14-16H2,(H,26,29). The number of nitrogens with one attached hydrogen (secondary N) is 1. The second kappa shape index (κ2) is 9.01. The van der Waals surface area contributed by atoms with Crippen LogP contribution in [-0.4, -0.2) is 24.3 Å². The summed E-state index contributed by atoms with van der Waals surface area (Å²) in [5.41, 5.74) is 3.04. The molecule has 0 saturated carbocycles. The monoisotopic (exact) mass is 420 g/mol. The van der Waals surface area contributed by atoms with Crippen molar-refractivity contribution in [1.82, 2.24) is 0 Å². The van der Waals surface area contributed by atoms with Gasteiger partial charge in [-0.1, -0.05) is 42.5 Å². The highest BCUT2D eigenvalue weighted by Gasteiger charge is 2.29. The lowest BCUT2D eigenvalue weighted by atomic mass is 10.1. The molecule has 0 aromatic heterocycles. The van der Waals surface area contributed by atoms with Crippen LogP contribution in [0.5, 0.6) is 5.75 Å². The Morgan fingerprint density at radius 1 is 0.933 bits per heavy atom. The van der Waals surface area contributed by atoms with Crippen LogP contribution in [0, 0.1) is 0 Å². The first-order valence-corrected chi connectivity index (χ1v) is 10.3. The van der Waals surface area contributed by atoms with Gasteiger partial charge in [-0.05, 0) is 36.8 Å². The summed E-state index contributed by atoms with van der Waals surface area (Å²) in [6.07, 6.45) is 0.860. The second-order valence-electron chi connectivity index (χ2n) is 6.89. The number of amides is 2. The van der Waals surface area contributed by atoms with Crippen molar-refractivity contribution in [2.75, 3.05) is 22.7 Å². The van der Waals surface area contributed by atoms with Gasteiger partial charge in [0, 0.05) is 11.4 Å². The summed E-state index contributed by atoms with van der Waals surface area (Å²) < 4.78 is 5.82. The molecule has 6 heteroatoms. The molecule has 1 aliphatic rings. The number of ether oxygens (including phenoxy) is 1. The highest BCUT2D eigenvalue weighted by molar-refractivity contribution is 6.18. The van der Waals surface area contributed by atoms with Crippen molar-refractivity contribution in [3.63, 3.8) is 0 Å². The van der Waals surface area contributed by atoms with Crippen molar-refractivity contribution < 1.29 is 14.3 Å². The number of rotatable bonds is 6. The van der Waals surface area contributed by atoms with E-state index in [0.717, 1.165) is 12.0 Å². The summed E-state index contributed by atoms with van der Waals surface area (Å²) in [6, 6.07) is 21.9. The molecule has 0 atom stereocenters. The van der Waals surface area contributed by atoms with Crippen molar-refractivity contribution in [3.8, 4) is 5.75 Å². The summed E-state index contributed by atoms with van der Waals surface area (Å²) >= 11 is 5.74. The molecule has 3 aromatic rings. The zero-order valence-corrected chi connectivity index (χ0v) is 17.1. The van der Waals surface area contributed by atoms with Crippen LogP contribution >= 0.6 is 11.6 Å². The van der Waals surface area contributed by atoms with E-state index in [4.69, 9.17) is 16.3 Å². The molecule has 3 aromatic carbocycles. The second-order valence-corrected chi connectivity index (χ2v) is 7.27. The summed E-state index contributed by atoms with van der Waals surface area (Å²) in [7, 11) is 0. The third kappa shape index (κ3) is 4.02. The highest BCUT2D eigenvalue weighted by Crippen LogP contribution is 2.38. The average Bonchev–Trinajstić information content (AvgIpc) is 2.89. The summed E-state index contributed by atoms with van der Waals surface area (Å²) in [4.78, 5) is 27.9. The van der Waals surface area contributed by atoms with Gasteiger partial charge in [-0.25, -0.2) is 0 Å². The molecule has 1 aliphatic heterocycles. The first kappa shape index (κ1) is 20.0. The third-order valence-corrected chi connectivity index (χ3v) is 5.15. The number of hydrogen-bond donors (Lipinski definition) is 1. The molecule has 0 radical (unpaired) electrons. The van der Waals surface area contributed by atoms with Crippen LogP contribution in [0.25, 0.3) is 0 Å². The molecule has 5 nitrogen and oxygen atoms in total. The van der Waals surface area contributed by atoms with Gasteiger partial charge in [-0.15, -0.1) is 11.6 Å². The average molecular weight is 421 g/mol. The van der Waals surface area contributed by atoms with Crippen molar-refractivity contribution in [2.45, 2.75) is 12.8 Å². The molecule has 1 heterocycles. The number of anilines is 3. The minimum atomic E-state index is -0.238. The molecule has 0 aliphatic carbocycles. The number of halogens is 1. The minimum absolute atomic E-state index is 0.133. The first-order chi connectivity index (χ1) is 14.7. The smallest absolute Gasteiger partial charge is 0.257 e. The number of para-hydroxylation sites is 4. The fourth-order valence-corrected chi connectivity index (χ4v) is 3.60. The molecule has 30 heavy (non-hydrogen) atoms. The maximum Gasteiger partial charge on any atom is 0.257 e. The Hall–Kier alpha value is -3.31. The molecular formula is C24H21ClN2O3. The van der Waals surface area contributed by atoms with Gasteiger partial charge in [0.2, 0.25) is 5.91 Å². The fourth-order valence-electron chi connectivity index (χ4n) is 3.49. The largest absolute Gasteiger partial charge is 0.493 e. The SMILES string of the molecule is O=C1Nc2ccccc2N(C(=O)Cc2ccccc2OCCCCl)c2ccccc21. The predicted octanol–water partition coefficient (Wildman–Crippen LogP) is 5.17. The zero-order chi connectivity index (χ0) is 20.9. The van der Waals surface area contributed by atoms with E-state index in [0.29, 0.717) is 40.9 Å². The molecule has 0 spiro atoms. The fraction of sp³-hybridized carbons (Fsp3) is 0.167. The normalized spacial score (nSPS) is 12.4. The Kier molecular flexibility index (Phi) is 6.00. The van der Waals surface area contributed by atoms with E-state index in [-0.39, 0.29) is 18.2 Å². The lowest BCUT2D eigenvalue weighted by molar-refractivity contribution is -0.117. The predicted molar refractivity (Wildman–Crippen MR) is 119 cm³/mol. The van der Waals surface area contributed by atoms with Crippen LogP contribution in [-0.2, 0) is 11.2 Å². The Balaban J connectivity index is 1.71. The van der Waals surface area contributed by atoms with Crippen LogP contribution in [0.4, 0.5) is 17.1 Å². The van der Waals surface area contributed by atoms with Gasteiger partial charge >= 0.3 is 0 Å². The van der Waals surface area contributed by atoms with Crippen LogP contribution < -0.4 is 15.0 Å². The van der Waals surface area contributed by atoms with Crippen molar-refractivity contribution in [2.24, 2.45) is 0 Å². The first-order valence-electron chi connectivity index (χ1n) is 9.78. The van der Waals surface area contributed by atoms with Gasteiger partial charge in [-0.3, -0.25) is 14.5 Å².